The van der Waals surface area contributed by atoms with Crippen LogP contribution in [0.5, 0.6) is 0 Å². The summed E-state index contributed by atoms with van der Waals surface area (Å²) in [5.41, 5.74) is 1.84. The van der Waals surface area contributed by atoms with E-state index in [0.29, 0.717) is 16.7 Å². The number of hydrogen-bond donors (Lipinski definition) is 1. The predicted octanol–water partition coefficient (Wildman–Crippen LogP) is 6.15. The van der Waals surface area contributed by atoms with Crippen molar-refractivity contribution < 1.29 is 13.2 Å². The summed E-state index contributed by atoms with van der Waals surface area (Å²) in [6.45, 7) is 2.42. The Bertz CT molecular complexity index is 654. The van der Waals surface area contributed by atoms with Crippen LogP contribution in [0.25, 0.3) is 0 Å². The minimum atomic E-state index is -4.34. The first kappa shape index (κ1) is 16.4. The van der Waals surface area contributed by atoms with Gasteiger partial charge in [0.1, 0.15) is 0 Å². The lowest BCUT2D eigenvalue weighted by Gasteiger charge is -2.13. The third kappa shape index (κ3) is 4.23. The van der Waals surface area contributed by atoms with Crippen LogP contribution in [0.2, 0.25) is 0 Å². The highest BCUT2D eigenvalue weighted by Crippen LogP contribution is 2.34. The molecule has 0 spiro atoms. The Labute approximate surface area is 137 Å². The number of anilines is 1. The molecule has 6 heteroatoms. The van der Waals surface area contributed by atoms with Crippen molar-refractivity contribution in [2.24, 2.45) is 0 Å². The molecular formula is C15H12Br2F3N. The monoisotopic (exact) mass is 421 g/mol. The maximum atomic E-state index is 12.7. The van der Waals surface area contributed by atoms with Gasteiger partial charge in [0.05, 0.1) is 5.56 Å². The van der Waals surface area contributed by atoms with Gasteiger partial charge in [0.15, 0.2) is 0 Å². The van der Waals surface area contributed by atoms with E-state index in [4.69, 9.17) is 0 Å². The molecule has 0 unspecified atom stereocenters. The SMILES string of the molecule is Cc1ccc(CNc2cc(C(F)(F)F)ccc2Br)cc1Br. The molecule has 2 rings (SSSR count). The summed E-state index contributed by atoms with van der Waals surface area (Å²) in [7, 11) is 0. The fourth-order valence-electron chi connectivity index (χ4n) is 1.78. The van der Waals surface area contributed by atoms with Gasteiger partial charge in [-0.15, -0.1) is 0 Å². The maximum Gasteiger partial charge on any atom is 0.416 e. The molecule has 0 aliphatic rings. The van der Waals surface area contributed by atoms with E-state index < -0.39 is 11.7 Å². The van der Waals surface area contributed by atoms with Crippen molar-refractivity contribution in [3.63, 3.8) is 0 Å². The van der Waals surface area contributed by atoms with Crippen LogP contribution in [0.3, 0.4) is 0 Å². The molecule has 0 atom stereocenters. The van der Waals surface area contributed by atoms with Crippen LogP contribution < -0.4 is 5.32 Å². The zero-order chi connectivity index (χ0) is 15.6. The summed E-state index contributed by atoms with van der Waals surface area (Å²) in [5, 5.41) is 3.02. The van der Waals surface area contributed by atoms with Crippen LogP contribution in [0.4, 0.5) is 18.9 Å². The fourth-order valence-corrected chi connectivity index (χ4v) is 2.59. The van der Waals surface area contributed by atoms with E-state index >= 15 is 0 Å². The van der Waals surface area contributed by atoms with Crippen LogP contribution in [-0.2, 0) is 12.7 Å². The lowest BCUT2D eigenvalue weighted by molar-refractivity contribution is -0.137. The van der Waals surface area contributed by atoms with Crippen molar-refractivity contribution in [2.75, 3.05) is 5.32 Å². The largest absolute Gasteiger partial charge is 0.416 e. The molecule has 0 saturated carbocycles. The van der Waals surface area contributed by atoms with Gasteiger partial charge in [0.2, 0.25) is 0 Å². The highest BCUT2D eigenvalue weighted by atomic mass is 79.9. The van der Waals surface area contributed by atoms with Crippen molar-refractivity contribution in [1.82, 2.24) is 0 Å². The molecule has 0 radical (unpaired) electrons. The standard InChI is InChI=1S/C15H12Br2F3N/c1-9-2-3-10(6-13(9)17)8-21-14-7-11(15(18,19)20)4-5-12(14)16/h2-7,21H,8H2,1H3. The molecule has 0 fully saturated rings. The lowest BCUT2D eigenvalue weighted by atomic mass is 10.1. The van der Waals surface area contributed by atoms with Crippen molar-refractivity contribution in [3.05, 3.63) is 62.0 Å². The molecular weight excluding hydrogens is 411 g/mol. The van der Waals surface area contributed by atoms with Gasteiger partial charge >= 0.3 is 6.18 Å². The second kappa shape index (κ2) is 6.40. The number of nitrogens with one attached hydrogen (secondary N) is 1. The first-order valence-corrected chi connectivity index (χ1v) is 7.71. The van der Waals surface area contributed by atoms with Crippen LogP contribution in [0.1, 0.15) is 16.7 Å². The summed E-state index contributed by atoms with van der Waals surface area (Å²) in [6.07, 6.45) is -4.34. The third-order valence-electron chi connectivity index (χ3n) is 3.01. The van der Waals surface area contributed by atoms with Gasteiger partial charge in [-0.25, -0.2) is 0 Å². The zero-order valence-corrected chi connectivity index (χ0v) is 14.2. The summed E-state index contributed by atoms with van der Waals surface area (Å²) in [5.74, 6) is 0. The van der Waals surface area contributed by atoms with Gasteiger partial charge in [0.25, 0.3) is 0 Å². The normalized spacial score (nSPS) is 11.5. The van der Waals surface area contributed by atoms with E-state index in [2.05, 4.69) is 37.2 Å². The number of aryl methyl sites for hydroxylation is 1. The molecule has 0 saturated heterocycles. The number of rotatable bonds is 3. The van der Waals surface area contributed by atoms with Crippen molar-refractivity contribution in [2.45, 2.75) is 19.6 Å². The predicted molar refractivity (Wildman–Crippen MR) is 85.3 cm³/mol. The maximum absolute atomic E-state index is 12.7. The Morgan fingerprint density at radius 2 is 1.71 bits per heavy atom. The van der Waals surface area contributed by atoms with Gasteiger partial charge in [0, 0.05) is 21.2 Å². The summed E-state index contributed by atoms with van der Waals surface area (Å²) in [4.78, 5) is 0. The van der Waals surface area contributed by atoms with Crippen LogP contribution in [0, 0.1) is 6.92 Å². The van der Waals surface area contributed by atoms with Crippen molar-refractivity contribution >= 4 is 37.5 Å². The van der Waals surface area contributed by atoms with Crippen LogP contribution >= 0.6 is 31.9 Å². The number of halogens is 5. The van der Waals surface area contributed by atoms with E-state index in [1.807, 2.05) is 25.1 Å². The number of hydrogen-bond acceptors (Lipinski definition) is 1. The molecule has 0 aromatic heterocycles. The minimum absolute atomic E-state index is 0.418. The van der Waals surface area contributed by atoms with E-state index in [1.165, 1.54) is 6.07 Å². The Kier molecular flexibility index (Phi) is 4.99. The molecule has 1 N–H and O–H groups in total. The van der Waals surface area contributed by atoms with Gasteiger partial charge < -0.3 is 5.32 Å². The van der Waals surface area contributed by atoms with Gasteiger partial charge in [-0.3, -0.25) is 0 Å². The Morgan fingerprint density at radius 3 is 2.33 bits per heavy atom. The summed E-state index contributed by atoms with van der Waals surface area (Å²) in [6, 6.07) is 9.40. The third-order valence-corrected chi connectivity index (χ3v) is 4.56. The molecule has 112 valence electrons. The average Bonchev–Trinajstić information content (AvgIpc) is 2.40. The quantitative estimate of drug-likeness (QED) is 0.625. The molecule has 0 aliphatic heterocycles. The summed E-state index contributed by atoms with van der Waals surface area (Å²) >= 11 is 6.70. The Morgan fingerprint density at radius 1 is 1.00 bits per heavy atom. The summed E-state index contributed by atoms with van der Waals surface area (Å²) < 4.78 is 39.7. The molecule has 1 nitrogen and oxygen atoms in total. The zero-order valence-electron chi connectivity index (χ0n) is 11.1. The minimum Gasteiger partial charge on any atom is -0.380 e. The number of benzene rings is 2. The molecule has 2 aromatic carbocycles. The number of alkyl halides is 3. The van der Waals surface area contributed by atoms with E-state index in [9.17, 15) is 13.2 Å². The highest BCUT2D eigenvalue weighted by Gasteiger charge is 2.30. The van der Waals surface area contributed by atoms with Gasteiger partial charge in [-0.2, -0.15) is 13.2 Å². The van der Waals surface area contributed by atoms with Crippen LogP contribution in [-0.4, -0.2) is 0 Å². The molecule has 0 aliphatic carbocycles. The lowest BCUT2D eigenvalue weighted by Crippen LogP contribution is -2.07. The van der Waals surface area contributed by atoms with E-state index in [1.54, 1.807) is 0 Å². The average molecular weight is 423 g/mol. The van der Waals surface area contributed by atoms with Crippen molar-refractivity contribution in [1.29, 1.82) is 0 Å². The molecule has 0 amide bonds. The second-order valence-corrected chi connectivity index (χ2v) is 6.34. The topological polar surface area (TPSA) is 12.0 Å². The second-order valence-electron chi connectivity index (χ2n) is 4.63. The van der Waals surface area contributed by atoms with Gasteiger partial charge in [-0.1, -0.05) is 28.1 Å². The molecule has 0 bridgehead atoms. The molecule has 2 aromatic rings. The highest BCUT2D eigenvalue weighted by molar-refractivity contribution is 9.10. The first-order chi connectivity index (χ1) is 9.77. The molecule has 21 heavy (non-hydrogen) atoms. The van der Waals surface area contributed by atoms with Gasteiger partial charge in [-0.05, 0) is 58.2 Å². The first-order valence-electron chi connectivity index (χ1n) is 6.13. The van der Waals surface area contributed by atoms with Crippen molar-refractivity contribution in [3.8, 4) is 0 Å². The van der Waals surface area contributed by atoms with Crippen LogP contribution in [0.15, 0.2) is 45.3 Å². The van der Waals surface area contributed by atoms with E-state index in [0.717, 1.165) is 27.7 Å². The Hall–Kier alpha value is -1.01. The Balaban J connectivity index is 2.17. The molecule has 0 heterocycles. The smallest absolute Gasteiger partial charge is 0.380 e. The fraction of sp³-hybridized carbons (Fsp3) is 0.200. The van der Waals surface area contributed by atoms with E-state index in [-0.39, 0.29) is 0 Å².